The van der Waals surface area contributed by atoms with Crippen LogP contribution in [0.15, 0.2) is 0 Å². The molecule has 2 heteroatoms. The molecular formula is C6H14N2. The number of rotatable bonds is 2. The third kappa shape index (κ3) is 0.740. The number of nitrogens with two attached hydrogens (primary N) is 2. The molecule has 0 amide bonds. The summed E-state index contributed by atoms with van der Waals surface area (Å²) in [5, 5.41) is 0. The molecule has 0 unspecified atom stereocenters. The van der Waals surface area contributed by atoms with E-state index in [1.54, 1.807) is 0 Å². The van der Waals surface area contributed by atoms with Crippen molar-refractivity contribution in [2.75, 3.05) is 13.1 Å². The Kier molecular flexibility index (Phi) is 1.54. The Balaban J connectivity index is 2.33. The van der Waals surface area contributed by atoms with Crippen LogP contribution in [-0.4, -0.2) is 13.1 Å². The lowest BCUT2D eigenvalue weighted by Gasteiger charge is -2.39. The van der Waals surface area contributed by atoms with Gasteiger partial charge in [-0.15, -0.1) is 0 Å². The molecule has 0 aromatic rings. The van der Waals surface area contributed by atoms with Gasteiger partial charge < -0.3 is 11.5 Å². The molecule has 0 spiro atoms. The molecule has 1 saturated carbocycles. The monoisotopic (exact) mass is 114 g/mol. The summed E-state index contributed by atoms with van der Waals surface area (Å²) in [5.74, 6) is 0. The lowest BCUT2D eigenvalue weighted by molar-refractivity contribution is 0.156. The third-order valence-electron chi connectivity index (χ3n) is 2.28. The summed E-state index contributed by atoms with van der Waals surface area (Å²) in [6.07, 6.45) is 3.83. The van der Waals surface area contributed by atoms with Gasteiger partial charge in [-0.05, 0) is 31.3 Å². The van der Waals surface area contributed by atoms with Crippen LogP contribution in [0.25, 0.3) is 0 Å². The Labute approximate surface area is 50.2 Å². The summed E-state index contributed by atoms with van der Waals surface area (Å²) in [5.41, 5.74) is 11.4. The molecule has 4 N–H and O–H groups in total. The van der Waals surface area contributed by atoms with Crippen molar-refractivity contribution in [2.45, 2.75) is 19.3 Å². The van der Waals surface area contributed by atoms with Gasteiger partial charge in [0.2, 0.25) is 0 Å². The standard InChI is InChI=1S/C6H14N2/c7-4-6(5-8)2-1-3-6/h1-5,7-8H2. The topological polar surface area (TPSA) is 52.0 Å². The quantitative estimate of drug-likeness (QED) is 0.534. The molecule has 0 aromatic heterocycles. The molecular weight excluding hydrogens is 100 g/mol. The smallest absolute Gasteiger partial charge is 0.000844 e. The van der Waals surface area contributed by atoms with Crippen LogP contribution in [0.1, 0.15) is 19.3 Å². The van der Waals surface area contributed by atoms with Gasteiger partial charge >= 0.3 is 0 Å². The zero-order valence-corrected chi connectivity index (χ0v) is 5.19. The molecule has 0 bridgehead atoms. The minimum absolute atomic E-state index is 0.361. The van der Waals surface area contributed by atoms with Crippen LogP contribution in [-0.2, 0) is 0 Å². The van der Waals surface area contributed by atoms with E-state index in [0.717, 1.165) is 13.1 Å². The van der Waals surface area contributed by atoms with E-state index in [1.165, 1.54) is 19.3 Å². The summed E-state index contributed by atoms with van der Waals surface area (Å²) in [6, 6.07) is 0. The average molecular weight is 114 g/mol. The van der Waals surface area contributed by atoms with E-state index >= 15 is 0 Å². The van der Waals surface area contributed by atoms with Crippen molar-refractivity contribution in [2.24, 2.45) is 16.9 Å². The first-order valence-electron chi connectivity index (χ1n) is 3.23. The molecule has 1 aliphatic carbocycles. The number of hydrogen-bond acceptors (Lipinski definition) is 2. The maximum Gasteiger partial charge on any atom is -0.000844 e. The van der Waals surface area contributed by atoms with Gasteiger partial charge in [-0.3, -0.25) is 0 Å². The Morgan fingerprint density at radius 2 is 1.62 bits per heavy atom. The van der Waals surface area contributed by atoms with Gasteiger partial charge in [-0.25, -0.2) is 0 Å². The highest BCUT2D eigenvalue weighted by atomic mass is 14.7. The first-order valence-corrected chi connectivity index (χ1v) is 3.23. The van der Waals surface area contributed by atoms with E-state index in [0.29, 0.717) is 5.41 Å². The Bertz CT molecular complexity index is 63.1. The van der Waals surface area contributed by atoms with Crippen LogP contribution in [0.2, 0.25) is 0 Å². The highest BCUT2D eigenvalue weighted by molar-refractivity contribution is 4.88. The van der Waals surface area contributed by atoms with Crippen LogP contribution in [0.5, 0.6) is 0 Å². The van der Waals surface area contributed by atoms with Gasteiger partial charge in [0.25, 0.3) is 0 Å². The van der Waals surface area contributed by atoms with Crippen molar-refractivity contribution in [3.8, 4) is 0 Å². The largest absolute Gasteiger partial charge is 0.330 e. The van der Waals surface area contributed by atoms with Gasteiger partial charge in [0.05, 0.1) is 0 Å². The van der Waals surface area contributed by atoms with Crippen LogP contribution < -0.4 is 11.5 Å². The van der Waals surface area contributed by atoms with Gasteiger partial charge in [0, 0.05) is 0 Å². The minimum atomic E-state index is 0.361. The highest BCUT2D eigenvalue weighted by Crippen LogP contribution is 2.38. The fourth-order valence-corrected chi connectivity index (χ4v) is 1.17. The Morgan fingerprint density at radius 3 is 1.62 bits per heavy atom. The molecule has 1 rings (SSSR count). The maximum absolute atomic E-state index is 5.50. The van der Waals surface area contributed by atoms with Crippen LogP contribution in [0.4, 0.5) is 0 Å². The molecule has 1 aliphatic rings. The summed E-state index contributed by atoms with van der Waals surface area (Å²) in [4.78, 5) is 0. The molecule has 0 aliphatic heterocycles. The van der Waals surface area contributed by atoms with E-state index < -0.39 is 0 Å². The van der Waals surface area contributed by atoms with Crippen LogP contribution in [0, 0.1) is 5.41 Å². The SMILES string of the molecule is NCC1(CN)CCC1. The summed E-state index contributed by atoms with van der Waals surface area (Å²) in [7, 11) is 0. The van der Waals surface area contributed by atoms with Gasteiger partial charge in [0.15, 0.2) is 0 Å². The third-order valence-corrected chi connectivity index (χ3v) is 2.28. The zero-order chi connectivity index (χ0) is 6.04. The van der Waals surface area contributed by atoms with Gasteiger partial charge in [-0.2, -0.15) is 0 Å². The lowest BCUT2D eigenvalue weighted by atomic mass is 9.69. The lowest BCUT2D eigenvalue weighted by Crippen LogP contribution is -2.43. The van der Waals surface area contributed by atoms with Crippen molar-refractivity contribution in [3.05, 3.63) is 0 Å². The van der Waals surface area contributed by atoms with E-state index in [9.17, 15) is 0 Å². The summed E-state index contributed by atoms with van der Waals surface area (Å²) in [6.45, 7) is 1.56. The van der Waals surface area contributed by atoms with Crippen molar-refractivity contribution in [1.29, 1.82) is 0 Å². The van der Waals surface area contributed by atoms with Crippen molar-refractivity contribution >= 4 is 0 Å². The molecule has 0 radical (unpaired) electrons. The first kappa shape index (κ1) is 6.05. The first-order chi connectivity index (χ1) is 3.83. The predicted molar refractivity (Wildman–Crippen MR) is 34.4 cm³/mol. The van der Waals surface area contributed by atoms with E-state index in [1.807, 2.05) is 0 Å². The molecule has 8 heavy (non-hydrogen) atoms. The van der Waals surface area contributed by atoms with Gasteiger partial charge in [-0.1, -0.05) is 6.42 Å². The molecule has 0 atom stereocenters. The second kappa shape index (κ2) is 2.03. The second-order valence-electron chi connectivity index (χ2n) is 2.76. The van der Waals surface area contributed by atoms with Crippen LogP contribution >= 0.6 is 0 Å². The Morgan fingerprint density at radius 1 is 1.12 bits per heavy atom. The zero-order valence-electron chi connectivity index (χ0n) is 5.19. The molecule has 48 valence electrons. The van der Waals surface area contributed by atoms with Crippen molar-refractivity contribution in [1.82, 2.24) is 0 Å². The van der Waals surface area contributed by atoms with Crippen molar-refractivity contribution in [3.63, 3.8) is 0 Å². The minimum Gasteiger partial charge on any atom is -0.330 e. The molecule has 0 saturated heterocycles. The molecule has 1 fully saturated rings. The van der Waals surface area contributed by atoms with E-state index in [2.05, 4.69) is 0 Å². The van der Waals surface area contributed by atoms with E-state index in [-0.39, 0.29) is 0 Å². The van der Waals surface area contributed by atoms with Gasteiger partial charge in [0.1, 0.15) is 0 Å². The van der Waals surface area contributed by atoms with Crippen molar-refractivity contribution < 1.29 is 0 Å². The average Bonchev–Trinajstić information content (AvgIpc) is 1.67. The summed E-state index contributed by atoms with van der Waals surface area (Å²) < 4.78 is 0. The maximum atomic E-state index is 5.50. The predicted octanol–water partition coefficient (Wildman–Crippen LogP) is 0.0741. The Hall–Kier alpha value is -0.0800. The molecule has 2 nitrogen and oxygen atoms in total. The van der Waals surface area contributed by atoms with E-state index in [4.69, 9.17) is 11.5 Å². The fraction of sp³-hybridized carbons (Fsp3) is 1.00. The fourth-order valence-electron chi connectivity index (χ4n) is 1.17. The number of hydrogen-bond donors (Lipinski definition) is 2. The second-order valence-corrected chi connectivity index (χ2v) is 2.76. The molecule has 0 heterocycles. The molecule has 0 aromatic carbocycles. The summed E-state index contributed by atoms with van der Waals surface area (Å²) >= 11 is 0. The highest BCUT2D eigenvalue weighted by Gasteiger charge is 2.33. The van der Waals surface area contributed by atoms with Crippen LogP contribution in [0.3, 0.4) is 0 Å². The normalized spacial score (nSPS) is 24.8.